The summed E-state index contributed by atoms with van der Waals surface area (Å²) in [6.45, 7) is 2.76. The van der Waals surface area contributed by atoms with Crippen molar-refractivity contribution in [2.75, 3.05) is 25.6 Å². The minimum Gasteiger partial charge on any atom is -0.475 e. The van der Waals surface area contributed by atoms with Crippen LogP contribution >= 0.6 is 0 Å². The number of anilines is 1. The van der Waals surface area contributed by atoms with Gasteiger partial charge in [0.2, 0.25) is 11.8 Å². The third kappa shape index (κ3) is 3.95. The Morgan fingerprint density at radius 2 is 2.04 bits per heavy atom. The van der Waals surface area contributed by atoms with Crippen LogP contribution in [0.2, 0.25) is 0 Å². The molecule has 1 aromatic carbocycles. The van der Waals surface area contributed by atoms with Gasteiger partial charge in [0.1, 0.15) is 12.6 Å². The molecule has 0 fully saturated rings. The molecule has 130 valence electrons. The summed E-state index contributed by atoms with van der Waals surface area (Å²) in [6, 6.07) is 10.8. The number of benzene rings is 1. The Balaban J connectivity index is 1.65. The van der Waals surface area contributed by atoms with Crippen molar-refractivity contribution in [1.29, 1.82) is 0 Å². The van der Waals surface area contributed by atoms with Crippen molar-refractivity contribution in [2.24, 2.45) is 0 Å². The molecule has 25 heavy (non-hydrogen) atoms. The maximum absolute atomic E-state index is 12.5. The van der Waals surface area contributed by atoms with Crippen molar-refractivity contribution in [1.82, 2.24) is 14.5 Å². The molecule has 3 rings (SSSR count). The Morgan fingerprint density at radius 1 is 1.20 bits per heavy atom. The average Bonchev–Trinajstić information content (AvgIpc) is 3.07. The predicted octanol–water partition coefficient (Wildman–Crippen LogP) is 2.66. The second kappa shape index (κ2) is 7.76. The van der Waals surface area contributed by atoms with Gasteiger partial charge in [0.05, 0.1) is 35.9 Å². The number of methoxy groups -OCH3 is 1. The van der Waals surface area contributed by atoms with E-state index in [0.717, 1.165) is 11.0 Å². The van der Waals surface area contributed by atoms with Crippen LogP contribution in [0.5, 0.6) is 5.88 Å². The fourth-order valence-corrected chi connectivity index (χ4v) is 2.43. The summed E-state index contributed by atoms with van der Waals surface area (Å²) in [5.74, 6) is 0.349. The third-order valence-corrected chi connectivity index (χ3v) is 3.82. The van der Waals surface area contributed by atoms with E-state index in [0.29, 0.717) is 24.8 Å². The van der Waals surface area contributed by atoms with Gasteiger partial charge in [-0.25, -0.2) is 9.97 Å². The zero-order valence-electron chi connectivity index (χ0n) is 14.2. The SMILES string of the molecule is COCCOc1ccc(NC(=O)C(C)n2cnc3ccccc32)cn1. The number of ether oxygens (including phenoxy) is 2. The van der Waals surface area contributed by atoms with E-state index in [4.69, 9.17) is 9.47 Å². The number of para-hydroxylation sites is 2. The molecule has 0 aliphatic rings. The molecule has 0 saturated heterocycles. The Kier molecular flexibility index (Phi) is 5.25. The second-order valence-electron chi connectivity index (χ2n) is 5.53. The van der Waals surface area contributed by atoms with Crippen molar-refractivity contribution >= 4 is 22.6 Å². The highest BCUT2D eigenvalue weighted by Crippen LogP contribution is 2.19. The van der Waals surface area contributed by atoms with Gasteiger partial charge in [-0.3, -0.25) is 4.79 Å². The van der Waals surface area contributed by atoms with E-state index in [-0.39, 0.29) is 5.91 Å². The number of carbonyl (C=O) groups is 1. The van der Waals surface area contributed by atoms with Gasteiger partial charge in [-0.1, -0.05) is 12.1 Å². The Hall–Kier alpha value is -2.93. The highest BCUT2D eigenvalue weighted by Gasteiger charge is 2.17. The van der Waals surface area contributed by atoms with Gasteiger partial charge in [-0.15, -0.1) is 0 Å². The summed E-state index contributed by atoms with van der Waals surface area (Å²) >= 11 is 0. The number of amides is 1. The summed E-state index contributed by atoms with van der Waals surface area (Å²) in [4.78, 5) is 21.0. The standard InChI is InChI=1S/C18H20N4O3/c1-13(22-12-20-15-5-3-4-6-16(15)22)18(23)21-14-7-8-17(19-11-14)25-10-9-24-2/h3-8,11-13H,9-10H2,1-2H3,(H,21,23). The van der Waals surface area contributed by atoms with Crippen molar-refractivity contribution in [3.63, 3.8) is 0 Å². The van der Waals surface area contributed by atoms with Gasteiger partial charge >= 0.3 is 0 Å². The number of fused-ring (bicyclic) bond motifs is 1. The Morgan fingerprint density at radius 3 is 2.80 bits per heavy atom. The summed E-state index contributed by atoms with van der Waals surface area (Å²) in [5.41, 5.74) is 2.40. The average molecular weight is 340 g/mol. The zero-order valence-corrected chi connectivity index (χ0v) is 14.2. The minimum atomic E-state index is -0.398. The summed E-state index contributed by atoms with van der Waals surface area (Å²) in [5, 5.41) is 2.86. The molecule has 1 amide bonds. The van der Waals surface area contributed by atoms with Crippen LogP contribution < -0.4 is 10.1 Å². The molecule has 1 atom stereocenters. The number of aromatic nitrogens is 3. The number of hydrogen-bond donors (Lipinski definition) is 1. The maximum Gasteiger partial charge on any atom is 0.247 e. The molecule has 1 N–H and O–H groups in total. The molecule has 0 aliphatic heterocycles. The molecule has 0 aliphatic carbocycles. The van der Waals surface area contributed by atoms with E-state index >= 15 is 0 Å². The van der Waals surface area contributed by atoms with Gasteiger partial charge in [0, 0.05) is 13.2 Å². The summed E-state index contributed by atoms with van der Waals surface area (Å²) in [7, 11) is 1.61. The first-order valence-corrected chi connectivity index (χ1v) is 7.99. The molecule has 2 aromatic heterocycles. The van der Waals surface area contributed by atoms with Crippen molar-refractivity contribution in [2.45, 2.75) is 13.0 Å². The molecule has 0 spiro atoms. The molecule has 0 saturated carbocycles. The molecular weight excluding hydrogens is 320 g/mol. The molecular formula is C18H20N4O3. The summed E-state index contributed by atoms with van der Waals surface area (Å²) in [6.07, 6.45) is 3.25. The topological polar surface area (TPSA) is 78.3 Å². The molecule has 2 heterocycles. The monoisotopic (exact) mass is 340 g/mol. The van der Waals surface area contributed by atoms with Crippen LogP contribution in [-0.2, 0) is 9.53 Å². The summed E-state index contributed by atoms with van der Waals surface area (Å²) < 4.78 is 12.2. The lowest BCUT2D eigenvalue weighted by Crippen LogP contribution is -2.23. The van der Waals surface area contributed by atoms with E-state index in [1.165, 1.54) is 0 Å². The molecule has 7 heteroatoms. The lowest BCUT2D eigenvalue weighted by molar-refractivity contribution is -0.118. The number of hydrogen-bond acceptors (Lipinski definition) is 5. The van der Waals surface area contributed by atoms with Crippen molar-refractivity contribution in [3.8, 4) is 5.88 Å². The molecule has 0 radical (unpaired) electrons. The zero-order chi connectivity index (χ0) is 17.6. The largest absolute Gasteiger partial charge is 0.475 e. The Labute approximate surface area is 145 Å². The normalized spacial score (nSPS) is 12.1. The smallest absolute Gasteiger partial charge is 0.247 e. The first-order chi connectivity index (χ1) is 12.2. The second-order valence-corrected chi connectivity index (χ2v) is 5.53. The highest BCUT2D eigenvalue weighted by molar-refractivity contribution is 5.94. The van der Waals surface area contributed by atoms with Gasteiger partial charge < -0.3 is 19.4 Å². The number of rotatable bonds is 7. The van der Waals surface area contributed by atoms with Crippen LogP contribution in [-0.4, -0.2) is 40.8 Å². The number of nitrogens with one attached hydrogen (secondary N) is 1. The highest BCUT2D eigenvalue weighted by atomic mass is 16.5. The maximum atomic E-state index is 12.5. The first kappa shape index (κ1) is 16.9. The Bertz CT molecular complexity index is 845. The quantitative estimate of drug-likeness (QED) is 0.669. The molecule has 0 bridgehead atoms. The lowest BCUT2D eigenvalue weighted by atomic mass is 10.2. The van der Waals surface area contributed by atoms with Crippen molar-refractivity contribution in [3.05, 3.63) is 48.9 Å². The number of carbonyl (C=O) groups excluding carboxylic acids is 1. The number of imidazole rings is 1. The van der Waals surface area contributed by atoms with E-state index in [9.17, 15) is 4.79 Å². The third-order valence-electron chi connectivity index (χ3n) is 3.82. The van der Waals surface area contributed by atoms with Crippen LogP contribution in [0, 0.1) is 0 Å². The van der Waals surface area contributed by atoms with E-state index in [1.807, 2.05) is 35.8 Å². The van der Waals surface area contributed by atoms with Gasteiger partial charge in [0.15, 0.2) is 0 Å². The van der Waals surface area contributed by atoms with Gasteiger partial charge in [0.25, 0.3) is 0 Å². The fourth-order valence-electron chi connectivity index (χ4n) is 2.43. The van der Waals surface area contributed by atoms with Crippen LogP contribution in [0.15, 0.2) is 48.9 Å². The molecule has 7 nitrogen and oxygen atoms in total. The van der Waals surface area contributed by atoms with E-state index in [2.05, 4.69) is 15.3 Å². The van der Waals surface area contributed by atoms with Crippen molar-refractivity contribution < 1.29 is 14.3 Å². The predicted molar refractivity (Wildman–Crippen MR) is 94.7 cm³/mol. The van der Waals surface area contributed by atoms with E-state index < -0.39 is 6.04 Å². The van der Waals surface area contributed by atoms with Crippen LogP contribution in [0.1, 0.15) is 13.0 Å². The van der Waals surface area contributed by atoms with Crippen LogP contribution in [0.4, 0.5) is 5.69 Å². The van der Waals surface area contributed by atoms with Crippen LogP contribution in [0.3, 0.4) is 0 Å². The molecule has 3 aromatic rings. The van der Waals surface area contributed by atoms with E-state index in [1.54, 1.807) is 31.8 Å². The minimum absolute atomic E-state index is 0.141. The van der Waals surface area contributed by atoms with Gasteiger partial charge in [-0.05, 0) is 25.1 Å². The number of nitrogens with zero attached hydrogens (tertiary/aromatic N) is 3. The number of pyridine rings is 1. The fraction of sp³-hybridized carbons (Fsp3) is 0.278. The molecule has 1 unspecified atom stereocenters. The first-order valence-electron chi connectivity index (χ1n) is 7.99. The lowest BCUT2D eigenvalue weighted by Gasteiger charge is -2.14. The van der Waals surface area contributed by atoms with Crippen LogP contribution in [0.25, 0.3) is 11.0 Å². The van der Waals surface area contributed by atoms with Gasteiger partial charge in [-0.2, -0.15) is 0 Å².